The predicted molar refractivity (Wildman–Crippen MR) is 78.7 cm³/mol. The van der Waals surface area contributed by atoms with E-state index in [1.54, 1.807) is 18.3 Å². The summed E-state index contributed by atoms with van der Waals surface area (Å²) in [5, 5.41) is 11.8. The first kappa shape index (κ1) is 12.5. The third-order valence-electron chi connectivity index (χ3n) is 3.44. The van der Waals surface area contributed by atoms with Crippen molar-refractivity contribution in [2.75, 3.05) is 0 Å². The van der Waals surface area contributed by atoms with E-state index < -0.39 is 5.60 Å². The summed E-state index contributed by atoms with van der Waals surface area (Å²) in [6, 6.07) is 11.9. The van der Waals surface area contributed by atoms with Gasteiger partial charge < -0.3 is 9.52 Å². The lowest BCUT2D eigenvalue weighted by atomic mass is 10.0. The highest BCUT2D eigenvalue weighted by molar-refractivity contribution is 7.12. The molecule has 3 aromatic rings. The molecule has 3 rings (SSSR count). The van der Waals surface area contributed by atoms with Gasteiger partial charge in [0.15, 0.2) is 5.60 Å². The quantitative estimate of drug-likeness (QED) is 0.751. The second-order valence-corrected chi connectivity index (χ2v) is 6.37. The van der Waals surface area contributed by atoms with E-state index in [1.807, 2.05) is 50.2 Å². The van der Waals surface area contributed by atoms with Crippen LogP contribution in [-0.4, -0.2) is 5.11 Å². The van der Waals surface area contributed by atoms with Crippen molar-refractivity contribution in [2.45, 2.75) is 26.4 Å². The van der Waals surface area contributed by atoms with Gasteiger partial charge in [0, 0.05) is 15.1 Å². The molecule has 2 aromatic heterocycles. The predicted octanol–water partition coefficient (Wildman–Crippen LogP) is 4.37. The van der Waals surface area contributed by atoms with E-state index in [4.69, 9.17) is 4.42 Å². The maximum absolute atomic E-state index is 10.8. The lowest BCUT2D eigenvalue weighted by molar-refractivity contribution is 0.0823. The van der Waals surface area contributed by atoms with E-state index in [2.05, 4.69) is 0 Å². The lowest BCUT2D eigenvalue weighted by Gasteiger charge is -2.18. The van der Waals surface area contributed by atoms with Crippen molar-refractivity contribution in [1.82, 2.24) is 0 Å². The number of fused-ring (bicyclic) bond motifs is 1. The Labute approximate surface area is 116 Å². The van der Waals surface area contributed by atoms with E-state index in [1.165, 1.54) is 4.88 Å². The number of hydrogen-bond acceptors (Lipinski definition) is 3. The Bertz CT molecular complexity index is 734. The average Bonchev–Trinajstić information content (AvgIpc) is 2.96. The number of hydrogen-bond donors (Lipinski definition) is 1. The average molecular weight is 272 g/mol. The van der Waals surface area contributed by atoms with E-state index in [0.29, 0.717) is 5.76 Å². The summed E-state index contributed by atoms with van der Waals surface area (Å²) in [4.78, 5) is 2.09. The summed E-state index contributed by atoms with van der Waals surface area (Å²) in [6.45, 7) is 5.83. The Morgan fingerprint density at radius 2 is 1.95 bits per heavy atom. The molecule has 0 radical (unpaired) electrons. The molecule has 19 heavy (non-hydrogen) atoms. The van der Waals surface area contributed by atoms with Gasteiger partial charge in [-0.3, -0.25) is 0 Å². The molecule has 0 saturated carbocycles. The molecule has 2 nitrogen and oxygen atoms in total. The van der Waals surface area contributed by atoms with Crippen LogP contribution in [0, 0.1) is 13.8 Å². The number of aliphatic hydroxyl groups is 1. The van der Waals surface area contributed by atoms with Crippen molar-refractivity contribution >= 4 is 22.3 Å². The Kier molecular flexibility index (Phi) is 2.77. The number of aryl methyl sites for hydroxylation is 2. The number of thiophene rings is 1. The second kappa shape index (κ2) is 4.22. The molecule has 0 amide bonds. The number of furan rings is 1. The molecule has 1 aromatic carbocycles. The zero-order chi connectivity index (χ0) is 13.6. The first-order chi connectivity index (χ1) is 8.98. The van der Waals surface area contributed by atoms with Gasteiger partial charge in [-0.15, -0.1) is 11.3 Å². The van der Waals surface area contributed by atoms with E-state index in [0.717, 1.165) is 21.4 Å². The minimum atomic E-state index is -1.08. The Morgan fingerprint density at radius 1 is 1.16 bits per heavy atom. The van der Waals surface area contributed by atoms with E-state index in [9.17, 15) is 5.11 Å². The fourth-order valence-electron chi connectivity index (χ4n) is 2.27. The van der Waals surface area contributed by atoms with Crippen LogP contribution >= 0.6 is 11.3 Å². The van der Waals surface area contributed by atoms with Crippen molar-refractivity contribution in [3.63, 3.8) is 0 Å². The van der Waals surface area contributed by atoms with Gasteiger partial charge in [0.2, 0.25) is 0 Å². The Morgan fingerprint density at radius 3 is 2.58 bits per heavy atom. The van der Waals surface area contributed by atoms with Gasteiger partial charge >= 0.3 is 0 Å². The molecule has 0 spiro atoms. The highest BCUT2D eigenvalue weighted by atomic mass is 32.1. The summed E-state index contributed by atoms with van der Waals surface area (Å²) in [5.41, 5.74) is 0.859. The third kappa shape index (κ3) is 1.99. The summed E-state index contributed by atoms with van der Waals surface area (Å²) in [6.07, 6.45) is 0. The normalized spacial score (nSPS) is 14.7. The molecule has 2 heterocycles. The van der Waals surface area contributed by atoms with E-state index in [-0.39, 0.29) is 0 Å². The third-order valence-corrected chi connectivity index (χ3v) is 4.65. The van der Waals surface area contributed by atoms with Gasteiger partial charge in [-0.05, 0) is 44.5 Å². The maximum Gasteiger partial charge on any atom is 0.153 e. The smallest absolute Gasteiger partial charge is 0.153 e. The molecule has 0 saturated heterocycles. The second-order valence-electron chi connectivity index (χ2n) is 5.09. The van der Waals surface area contributed by atoms with Crippen LogP contribution in [-0.2, 0) is 5.60 Å². The van der Waals surface area contributed by atoms with Crippen molar-refractivity contribution in [3.8, 4) is 0 Å². The first-order valence-electron chi connectivity index (χ1n) is 6.27. The molecule has 0 aliphatic rings. The molecular formula is C16H16O2S. The summed E-state index contributed by atoms with van der Waals surface area (Å²) < 4.78 is 5.88. The summed E-state index contributed by atoms with van der Waals surface area (Å²) in [7, 11) is 0. The van der Waals surface area contributed by atoms with Crippen LogP contribution in [0.3, 0.4) is 0 Å². The van der Waals surface area contributed by atoms with Crippen LogP contribution in [0.2, 0.25) is 0 Å². The fraction of sp³-hybridized carbons (Fsp3) is 0.250. The minimum Gasteiger partial charge on any atom is -0.457 e. The lowest BCUT2D eigenvalue weighted by Crippen LogP contribution is -2.20. The highest BCUT2D eigenvalue weighted by Gasteiger charge is 2.31. The molecule has 0 aliphatic carbocycles. The van der Waals surface area contributed by atoms with Gasteiger partial charge in [0.25, 0.3) is 0 Å². The van der Waals surface area contributed by atoms with Gasteiger partial charge in [-0.25, -0.2) is 0 Å². The number of rotatable bonds is 2. The van der Waals surface area contributed by atoms with Crippen LogP contribution in [0.1, 0.15) is 28.0 Å². The van der Waals surface area contributed by atoms with Gasteiger partial charge in [0.05, 0.1) is 0 Å². The van der Waals surface area contributed by atoms with Crippen LogP contribution in [0.15, 0.2) is 40.8 Å². The zero-order valence-corrected chi connectivity index (χ0v) is 12.0. The monoisotopic (exact) mass is 272 g/mol. The molecule has 1 atom stereocenters. The molecule has 0 fully saturated rings. The standard InChI is InChI=1S/C16H16O2S/c1-10-5-4-6-12-9-13(18-15(10)12)16(3,17)14-8-7-11(2)19-14/h4-9,17H,1-3H3. The van der Waals surface area contributed by atoms with Gasteiger partial charge in [-0.1, -0.05) is 18.2 Å². The van der Waals surface area contributed by atoms with E-state index >= 15 is 0 Å². The SMILES string of the molecule is Cc1ccc(C(C)(O)c2cc3cccc(C)c3o2)s1. The molecule has 0 bridgehead atoms. The molecule has 1 N–H and O–H groups in total. The summed E-state index contributed by atoms with van der Waals surface area (Å²) in [5.74, 6) is 0.596. The van der Waals surface area contributed by atoms with Crippen LogP contribution in [0.25, 0.3) is 11.0 Å². The maximum atomic E-state index is 10.8. The topological polar surface area (TPSA) is 33.4 Å². The van der Waals surface area contributed by atoms with Crippen molar-refractivity contribution in [3.05, 3.63) is 57.5 Å². The van der Waals surface area contributed by atoms with Crippen molar-refractivity contribution in [1.29, 1.82) is 0 Å². The molecule has 98 valence electrons. The first-order valence-corrected chi connectivity index (χ1v) is 7.09. The Hall–Kier alpha value is -1.58. The van der Waals surface area contributed by atoms with Crippen molar-refractivity contribution in [2.24, 2.45) is 0 Å². The minimum absolute atomic E-state index is 0.596. The van der Waals surface area contributed by atoms with Gasteiger partial charge in [-0.2, -0.15) is 0 Å². The van der Waals surface area contributed by atoms with Crippen molar-refractivity contribution < 1.29 is 9.52 Å². The molecular weight excluding hydrogens is 256 g/mol. The molecule has 3 heteroatoms. The van der Waals surface area contributed by atoms with Crippen LogP contribution in [0.5, 0.6) is 0 Å². The summed E-state index contributed by atoms with van der Waals surface area (Å²) >= 11 is 1.59. The van der Waals surface area contributed by atoms with Crippen LogP contribution < -0.4 is 0 Å². The molecule has 0 aliphatic heterocycles. The fourth-order valence-corrected chi connectivity index (χ4v) is 3.18. The Balaban J connectivity index is 2.15. The number of para-hydroxylation sites is 1. The number of benzene rings is 1. The van der Waals surface area contributed by atoms with Gasteiger partial charge in [0.1, 0.15) is 11.3 Å². The highest BCUT2D eigenvalue weighted by Crippen LogP contribution is 2.37. The zero-order valence-electron chi connectivity index (χ0n) is 11.2. The van der Waals surface area contributed by atoms with Crippen LogP contribution in [0.4, 0.5) is 0 Å². The largest absolute Gasteiger partial charge is 0.457 e. The molecule has 1 unspecified atom stereocenters.